The SMILES string of the molecule is CC1CCC(C)N(S(=O)(=O)c2cc(CN)ccc2Cl)C1. The van der Waals surface area contributed by atoms with E-state index in [4.69, 9.17) is 17.3 Å². The number of piperidine rings is 1. The Kier molecular flexibility index (Phi) is 4.74. The van der Waals surface area contributed by atoms with E-state index >= 15 is 0 Å². The summed E-state index contributed by atoms with van der Waals surface area (Å²) >= 11 is 6.09. The van der Waals surface area contributed by atoms with Crippen molar-refractivity contribution in [1.82, 2.24) is 4.31 Å². The fourth-order valence-electron chi connectivity index (χ4n) is 2.58. The minimum Gasteiger partial charge on any atom is -0.326 e. The van der Waals surface area contributed by atoms with Crippen molar-refractivity contribution in [3.8, 4) is 0 Å². The Hall–Kier alpha value is -0.620. The molecular formula is C14H21ClN2O2S. The van der Waals surface area contributed by atoms with Crippen molar-refractivity contribution >= 4 is 21.6 Å². The summed E-state index contributed by atoms with van der Waals surface area (Å²) in [6.07, 6.45) is 1.94. The molecule has 0 radical (unpaired) electrons. The Morgan fingerprint density at radius 2 is 2.05 bits per heavy atom. The van der Waals surface area contributed by atoms with Crippen LogP contribution in [-0.4, -0.2) is 25.3 Å². The molecule has 0 bridgehead atoms. The largest absolute Gasteiger partial charge is 0.326 e. The normalized spacial score (nSPS) is 24.8. The van der Waals surface area contributed by atoms with Crippen molar-refractivity contribution in [3.63, 3.8) is 0 Å². The number of sulfonamides is 1. The third kappa shape index (κ3) is 3.01. The van der Waals surface area contributed by atoms with Gasteiger partial charge in [-0.1, -0.05) is 24.6 Å². The highest BCUT2D eigenvalue weighted by atomic mass is 35.5. The Labute approximate surface area is 126 Å². The van der Waals surface area contributed by atoms with Crippen molar-refractivity contribution in [1.29, 1.82) is 0 Å². The molecule has 1 fully saturated rings. The van der Waals surface area contributed by atoms with Crippen LogP contribution in [-0.2, 0) is 16.6 Å². The van der Waals surface area contributed by atoms with E-state index in [1.165, 1.54) is 0 Å². The van der Waals surface area contributed by atoms with E-state index in [1.54, 1.807) is 22.5 Å². The second-order valence-electron chi connectivity index (χ2n) is 5.58. The zero-order valence-electron chi connectivity index (χ0n) is 11.8. The number of halogens is 1. The second kappa shape index (κ2) is 6.02. The highest BCUT2D eigenvalue weighted by Crippen LogP contribution is 2.31. The monoisotopic (exact) mass is 316 g/mol. The van der Waals surface area contributed by atoms with E-state index in [1.807, 2.05) is 6.92 Å². The Bertz CT molecular complexity index is 589. The first-order chi connectivity index (χ1) is 9.36. The van der Waals surface area contributed by atoms with Crippen LogP contribution in [0.5, 0.6) is 0 Å². The molecule has 0 amide bonds. The van der Waals surface area contributed by atoms with E-state index in [2.05, 4.69) is 6.92 Å². The third-order valence-electron chi connectivity index (χ3n) is 3.88. The molecule has 2 unspecified atom stereocenters. The topological polar surface area (TPSA) is 63.4 Å². The zero-order valence-corrected chi connectivity index (χ0v) is 13.4. The number of benzene rings is 1. The average molecular weight is 317 g/mol. The summed E-state index contributed by atoms with van der Waals surface area (Å²) < 4.78 is 27.2. The molecule has 1 saturated heterocycles. The lowest BCUT2D eigenvalue weighted by Crippen LogP contribution is -2.44. The lowest BCUT2D eigenvalue weighted by atomic mass is 9.97. The van der Waals surface area contributed by atoms with Crippen LogP contribution < -0.4 is 5.73 Å². The van der Waals surface area contributed by atoms with Crippen molar-refractivity contribution in [2.24, 2.45) is 11.7 Å². The van der Waals surface area contributed by atoms with E-state index in [-0.39, 0.29) is 16.0 Å². The standard InChI is InChI=1S/C14H21ClN2O2S/c1-10-3-4-11(2)17(9-10)20(18,19)14-7-12(8-16)5-6-13(14)15/h5-7,10-11H,3-4,8-9,16H2,1-2H3. The second-order valence-corrected chi connectivity index (χ2v) is 7.84. The maximum Gasteiger partial charge on any atom is 0.244 e. The number of nitrogens with zero attached hydrogens (tertiary/aromatic N) is 1. The Balaban J connectivity index is 2.43. The van der Waals surface area contributed by atoms with E-state index < -0.39 is 10.0 Å². The quantitative estimate of drug-likeness (QED) is 0.932. The number of rotatable bonds is 3. The van der Waals surface area contributed by atoms with Gasteiger partial charge >= 0.3 is 0 Å². The van der Waals surface area contributed by atoms with E-state index in [0.29, 0.717) is 19.0 Å². The van der Waals surface area contributed by atoms with Gasteiger partial charge in [-0.3, -0.25) is 0 Å². The predicted octanol–water partition coefficient (Wildman–Crippen LogP) is 2.61. The summed E-state index contributed by atoms with van der Waals surface area (Å²) in [5, 5.41) is 0.257. The summed E-state index contributed by atoms with van der Waals surface area (Å²) in [7, 11) is -3.56. The molecular weight excluding hydrogens is 296 g/mol. The van der Waals surface area contributed by atoms with Crippen molar-refractivity contribution < 1.29 is 8.42 Å². The van der Waals surface area contributed by atoms with Crippen LogP contribution in [0, 0.1) is 5.92 Å². The first-order valence-electron chi connectivity index (χ1n) is 6.86. The first-order valence-corrected chi connectivity index (χ1v) is 8.68. The van der Waals surface area contributed by atoms with Gasteiger partial charge in [-0.25, -0.2) is 8.42 Å². The van der Waals surface area contributed by atoms with Gasteiger partial charge in [0.15, 0.2) is 0 Å². The molecule has 20 heavy (non-hydrogen) atoms. The summed E-state index contributed by atoms with van der Waals surface area (Å²) in [4.78, 5) is 0.170. The van der Waals surface area contributed by atoms with Gasteiger partial charge in [-0.2, -0.15) is 4.31 Å². The smallest absolute Gasteiger partial charge is 0.244 e. The number of hydrogen-bond acceptors (Lipinski definition) is 3. The van der Waals surface area contributed by atoms with Crippen molar-refractivity contribution in [2.75, 3.05) is 6.54 Å². The minimum atomic E-state index is -3.56. The highest BCUT2D eigenvalue weighted by molar-refractivity contribution is 7.89. The zero-order chi connectivity index (χ0) is 14.9. The van der Waals surface area contributed by atoms with Crippen LogP contribution in [0.3, 0.4) is 0 Å². The van der Waals surface area contributed by atoms with Gasteiger partial charge in [0.2, 0.25) is 10.0 Å². The average Bonchev–Trinajstić information content (AvgIpc) is 2.41. The van der Waals surface area contributed by atoms with Gasteiger partial charge < -0.3 is 5.73 Å². The van der Waals surface area contributed by atoms with E-state index in [0.717, 1.165) is 18.4 Å². The van der Waals surface area contributed by atoms with Gasteiger partial charge in [-0.05, 0) is 43.4 Å². The maximum atomic E-state index is 12.8. The Morgan fingerprint density at radius 3 is 2.70 bits per heavy atom. The lowest BCUT2D eigenvalue weighted by Gasteiger charge is -2.35. The number of hydrogen-bond donors (Lipinski definition) is 1. The minimum absolute atomic E-state index is 0.00815. The van der Waals surface area contributed by atoms with Gasteiger partial charge in [0.05, 0.1) is 5.02 Å². The van der Waals surface area contributed by atoms with Crippen LogP contribution in [0.25, 0.3) is 0 Å². The van der Waals surface area contributed by atoms with Gasteiger partial charge in [0.25, 0.3) is 0 Å². The molecule has 2 N–H and O–H groups in total. The molecule has 1 aliphatic heterocycles. The molecule has 2 atom stereocenters. The molecule has 4 nitrogen and oxygen atoms in total. The Morgan fingerprint density at radius 1 is 1.35 bits per heavy atom. The van der Waals surface area contributed by atoms with Crippen LogP contribution in [0.4, 0.5) is 0 Å². The molecule has 1 aliphatic rings. The van der Waals surface area contributed by atoms with Crippen LogP contribution in [0.15, 0.2) is 23.1 Å². The molecule has 0 aliphatic carbocycles. The lowest BCUT2D eigenvalue weighted by molar-refractivity contribution is 0.218. The molecule has 1 heterocycles. The van der Waals surface area contributed by atoms with Gasteiger partial charge in [0, 0.05) is 19.1 Å². The third-order valence-corrected chi connectivity index (χ3v) is 6.34. The first kappa shape index (κ1) is 15.8. The molecule has 6 heteroatoms. The molecule has 1 aromatic carbocycles. The maximum absolute atomic E-state index is 12.8. The number of nitrogens with two attached hydrogens (primary N) is 1. The molecule has 2 rings (SSSR count). The fourth-order valence-corrected chi connectivity index (χ4v) is 4.89. The van der Waals surface area contributed by atoms with E-state index in [9.17, 15) is 8.42 Å². The van der Waals surface area contributed by atoms with Crippen LogP contribution in [0.1, 0.15) is 32.3 Å². The molecule has 1 aromatic rings. The summed E-state index contributed by atoms with van der Waals surface area (Å²) in [5.74, 6) is 0.373. The molecule has 0 aromatic heterocycles. The van der Waals surface area contributed by atoms with Crippen molar-refractivity contribution in [3.05, 3.63) is 28.8 Å². The van der Waals surface area contributed by atoms with Gasteiger partial charge in [-0.15, -0.1) is 0 Å². The van der Waals surface area contributed by atoms with Crippen LogP contribution in [0.2, 0.25) is 5.02 Å². The summed E-state index contributed by atoms with van der Waals surface area (Å²) in [6, 6.07) is 4.95. The summed E-state index contributed by atoms with van der Waals surface area (Å²) in [6.45, 7) is 4.87. The predicted molar refractivity (Wildman–Crippen MR) is 81.1 cm³/mol. The molecule has 0 saturated carbocycles. The van der Waals surface area contributed by atoms with Crippen LogP contribution >= 0.6 is 11.6 Å². The summed E-state index contributed by atoms with van der Waals surface area (Å²) in [5.41, 5.74) is 6.36. The van der Waals surface area contributed by atoms with Gasteiger partial charge in [0.1, 0.15) is 4.90 Å². The highest BCUT2D eigenvalue weighted by Gasteiger charge is 2.34. The van der Waals surface area contributed by atoms with Crippen molar-refractivity contribution in [2.45, 2.75) is 44.2 Å². The molecule has 0 spiro atoms. The fraction of sp³-hybridized carbons (Fsp3) is 0.571. The molecule has 112 valence electrons.